The number of carbonyl (C=O) groups is 1. The van der Waals surface area contributed by atoms with Crippen molar-refractivity contribution < 1.29 is 31.8 Å². The van der Waals surface area contributed by atoms with Crippen LogP contribution in [0.5, 0.6) is 0 Å². The fraction of sp³-hybridized carbons (Fsp3) is 0.435. The Morgan fingerprint density at radius 2 is 2.06 bits per heavy atom. The summed E-state index contributed by atoms with van der Waals surface area (Å²) in [5, 5.41) is 8.61. The number of nitrogens with zero attached hydrogens (tertiary/aromatic N) is 2. The first-order chi connectivity index (χ1) is 15.6. The van der Waals surface area contributed by atoms with Crippen LogP contribution in [0.25, 0.3) is 10.9 Å². The van der Waals surface area contributed by atoms with Crippen molar-refractivity contribution in [3.63, 3.8) is 0 Å². The van der Waals surface area contributed by atoms with E-state index in [1.807, 2.05) is 13.8 Å². The molecule has 0 amide bonds. The summed E-state index contributed by atoms with van der Waals surface area (Å²) in [5.74, 6) is -2.42. The Bertz CT molecular complexity index is 1250. The van der Waals surface area contributed by atoms with Gasteiger partial charge in [0.1, 0.15) is 23.9 Å². The standard InChI is InChI=1S/C23H26F2N2O5S/c1-14(2)32-17-3-5-18(6-4-17)33(30,31)27-8-7-15(11-27)19-12-26(13-22(28)29)21-10-16(24)9-20(25)23(19)21/h3-5,9-10,12,14-15,18H,6-8,11,13H2,1-2H3,(H,28,29). The fourth-order valence-electron chi connectivity index (χ4n) is 4.53. The van der Waals surface area contributed by atoms with E-state index in [1.165, 1.54) is 15.1 Å². The van der Waals surface area contributed by atoms with Crippen LogP contribution in [-0.4, -0.2) is 52.8 Å². The van der Waals surface area contributed by atoms with Crippen molar-refractivity contribution in [2.24, 2.45) is 0 Å². The smallest absolute Gasteiger partial charge is 0.323 e. The van der Waals surface area contributed by atoms with E-state index in [0.717, 1.165) is 12.1 Å². The third kappa shape index (κ3) is 4.67. The number of fused-ring (bicyclic) bond motifs is 1. The molecule has 2 aromatic rings. The van der Waals surface area contributed by atoms with Crippen molar-refractivity contribution in [3.05, 3.63) is 59.5 Å². The number of ether oxygens (including phenoxy) is 1. The van der Waals surface area contributed by atoms with Gasteiger partial charge >= 0.3 is 5.97 Å². The summed E-state index contributed by atoms with van der Waals surface area (Å²) in [7, 11) is -3.65. The second kappa shape index (κ2) is 8.90. The van der Waals surface area contributed by atoms with Crippen molar-refractivity contribution in [1.29, 1.82) is 0 Å². The van der Waals surface area contributed by atoms with Crippen molar-refractivity contribution in [1.82, 2.24) is 8.87 Å². The molecule has 2 heterocycles. The number of sulfonamides is 1. The number of hydrogen-bond donors (Lipinski definition) is 1. The molecule has 178 valence electrons. The average Bonchev–Trinajstić information content (AvgIpc) is 3.34. The molecule has 1 saturated heterocycles. The summed E-state index contributed by atoms with van der Waals surface area (Å²) >= 11 is 0. The van der Waals surface area contributed by atoms with Crippen LogP contribution >= 0.6 is 0 Å². The molecule has 1 aromatic carbocycles. The number of aliphatic carboxylic acids is 1. The second-order valence-corrected chi connectivity index (χ2v) is 10.8. The van der Waals surface area contributed by atoms with E-state index in [0.29, 0.717) is 24.2 Å². The van der Waals surface area contributed by atoms with Gasteiger partial charge in [-0.15, -0.1) is 0 Å². The van der Waals surface area contributed by atoms with Crippen LogP contribution in [0.1, 0.15) is 38.2 Å². The van der Waals surface area contributed by atoms with Crippen molar-refractivity contribution in [2.45, 2.75) is 50.5 Å². The highest BCUT2D eigenvalue weighted by Crippen LogP contribution is 2.37. The van der Waals surface area contributed by atoms with Gasteiger partial charge in [-0.05, 0) is 50.5 Å². The van der Waals surface area contributed by atoms with Crippen molar-refractivity contribution >= 4 is 26.9 Å². The summed E-state index contributed by atoms with van der Waals surface area (Å²) < 4.78 is 63.2. The Balaban J connectivity index is 1.58. The van der Waals surface area contributed by atoms with Gasteiger partial charge in [0.05, 0.1) is 16.9 Å². The number of halogens is 2. The predicted molar refractivity (Wildman–Crippen MR) is 119 cm³/mol. The SMILES string of the molecule is CC(C)OC1=CCC(S(=O)(=O)N2CCC(c3cn(CC(=O)O)c4cc(F)cc(F)c34)C2)C=C1. The van der Waals surface area contributed by atoms with Gasteiger partial charge in [0.2, 0.25) is 10.0 Å². The van der Waals surface area contributed by atoms with Gasteiger partial charge in [0.25, 0.3) is 0 Å². The normalized spacial score (nSPS) is 21.7. The van der Waals surface area contributed by atoms with E-state index in [-0.39, 0.29) is 36.0 Å². The third-order valence-corrected chi connectivity index (χ3v) is 8.13. The zero-order chi connectivity index (χ0) is 23.9. The first-order valence-corrected chi connectivity index (χ1v) is 12.3. The molecule has 2 atom stereocenters. The first-order valence-electron chi connectivity index (χ1n) is 10.8. The quantitative estimate of drug-likeness (QED) is 0.652. The third-order valence-electron chi connectivity index (χ3n) is 5.96. The Kier molecular flexibility index (Phi) is 6.32. The highest BCUT2D eigenvalue weighted by molar-refractivity contribution is 7.89. The molecule has 7 nitrogen and oxygen atoms in total. The molecule has 0 radical (unpaired) electrons. The van der Waals surface area contributed by atoms with Crippen molar-refractivity contribution in [3.8, 4) is 0 Å². The van der Waals surface area contributed by atoms with E-state index in [2.05, 4.69) is 0 Å². The number of carboxylic acids is 1. The van der Waals surface area contributed by atoms with E-state index >= 15 is 0 Å². The van der Waals surface area contributed by atoms with Crippen LogP contribution in [-0.2, 0) is 26.1 Å². The van der Waals surface area contributed by atoms with Crippen LogP contribution in [0.2, 0.25) is 0 Å². The molecule has 2 aliphatic rings. The van der Waals surface area contributed by atoms with E-state index < -0.39 is 39.4 Å². The monoisotopic (exact) mass is 480 g/mol. The van der Waals surface area contributed by atoms with Gasteiger partial charge in [-0.3, -0.25) is 4.79 Å². The van der Waals surface area contributed by atoms with Crippen LogP contribution < -0.4 is 0 Å². The Morgan fingerprint density at radius 3 is 2.70 bits per heavy atom. The minimum absolute atomic E-state index is 0.00877. The molecule has 1 N–H and O–H groups in total. The Labute approximate surface area is 191 Å². The lowest BCUT2D eigenvalue weighted by Crippen LogP contribution is -2.36. The summed E-state index contributed by atoms with van der Waals surface area (Å²) in [5.41, 5.74) is 0.636. The molecule has 1 aromatic heterocycles. The number of benzene rings is 1. The van der Waals surface area contributed by atoms with E-state index in [1.54, 1.807) is 18.2 Å². The van der Waals surface area contributed by atoms with Gasteiger partial charge in [-0.2, -0.15) is 0 Å². The minimum atomic E-state index is -3.65. The van der Waals surface area contributed by atoms with Gasteiger partial charge in [-0.1, -0.05) is 6.08 Å². The molecule has 1 fully saturated rings. The number of rotatable bonds is 7. The highest BCUT2D eigenvalue weighted by Gasteiger charge is 2.38. The minimum Gasteiger partial charge on any atom is -0.491 e. The number of carboxylic acid groups (broad SMARTS) is 1. The number of allylic oxidation sites excluding steroid dienone is 2. The highest BCUT2D eigenvalue weighted by atomic mass is 32.2. The molecule has 10 heteroatoms. The number of aromatic nitrogens is 1. The largest absolute Gasteiger partial charge is 0.491 e. The van der Waals surface area contributed by atoms with Crippen LogP contribution in [0.15, 0.2) is 42.3 Å². The molecule has 1 aliphatic heterocycles. The molecule has 33 heavy (non-hydrogen) atoms. The average molecular weight is 481 g/mol. The van der Waals surface area contributed by atoms with E-state index in [9.17, 15) is 27.1 Å². The molecule has 0 bridgehead atoms. The second-order valence-electron chi connectivity index (χ2n) is 8.68. The van der Waals surface area contributed by atoms with Gasteiger partial charge in [-0.25, -0.2) is 21.5 Å². The summed E-state index contributed by atoms with van der Waals surface area (Å²) in [6.07, 6.45) is 7.31. The lowest BCUT2D eigenvalue weighted by Gasteiger charge is -2.24. The van der Waals surface area contributed by atoms with Crippen LogP contribution in [0.4, 0.5) is 8.78 Å². The Hall–Kier alpha value is -2.72. The fourth-order valence-corrected chi connectivity index (χ4v) is 6.27. The molecular weight excluding hydrogens is 454 g/mol. The van der Waals surface area contributed by atoms with Crippen LogP contribution in [0, 0.1) is 11.6 Å². The molecular formula is C23H26F2N2O5S. The van der Waals surface area contributed by atoms with Crippen LogP contribution in [0.3, 0.4) is 0 Å². The maximum absolute atomic E-state index is 14.7. The predicted octanol–water partition coefficient (Wildman–Crippen LogP) is 3.76. The summed E-state index contributed by atoms with van der Waals surface area (Å²) in [4.78, 5) is 11.2. The van der Waals surface area contributed by atoms with Gasteiger partial charge < -0.3 is 14.4 Å². The molecule has 0 spiro atoms. The lowest BCUT2D eigenvalue weighted by atomic mass is 9.97. The Morgan fingerprint density at radius 1 is 1.30 bits per heavy atom. The molecule has 2 unspecified atom stereocenters. The summed E-state index contributed by atoms with van der Waals surface area (Å²) in [6.45, 7) is 3.76. The lowest BCUT2D eigenvalue weighted by molar-refractivity contribution is -0.137. The van der Waals surface area contributed by atoms with E-state index in [4.69, 9.17) is 4.74 Å². The zero-order valence-corrected chi connectivity index (χ0v) is 19.2. The molecule has 4 rings (SSSR count). The van der Waals surface area contributed by atoms with Crippen molar-refractivity contribution in [2.75, 3.05) is 13.1 Å². The molecule has 1 aliphatic carbocycles. The summed E-state index contributed by atoms with van der Waals surface area (Å²) in [6, 6.07) is 1.86. The maximum Gasteiger partial charge on any atom is 0.323 e. The number of hydrogen-bond acceptors (Lipinski definition) is 4. The zero-order valence-electron chi connectivity index (χ0n) is 18.4. The topological polar surface area (TPSA) is 88.8 Å². The maximum atomic E-state index is 14.7. The molecule has 0 saturated carbocycles. The first kappa shape index (κ1) is 23.4. The van der Waals surface area contributed by atoms with Gasteiger partial charge in [0, 0.05) is 36.7 Å². The van der Waals surface area contributed by atoms with Gasteiger partial charge in [0.15, 0.2) is 0 Å².